The van der Waals surface area contributed by atoms with Crippen LogP contribution in [0.15, 0.2) is 84.9 Å². The minimum absolute atomic E-state index is 0.112. The molecule has 0 spiro atoms. The topological polar surface area (TPSA) is 174 Å². The summed E-state index contributed by atoms with van der Waals surface area (Å²) in [6, 6.07) is 23.7. The molecule has 2 fully saturated rings. The lowest BCUT2D eigenvalue weighted by molar-refractivity contribution is -0.134. The Bertz CT molecular complexity index is 2150. The molecular weight excluding hydrogens is 915 g/mol. The molecule has 390 valence electrons. The highest BCUT2D eigenvalue weighted by Crippen LogP contribution is 2.40. The normalized spacial score (nSPS) is 17.0. The summed E-state index contributed by atoms with van der Waals surface area (Å²) in [5.74, 6) is -1.69. The van der Waals surface area contributed by atoms with Crippen LogP contribution in [0.3, 0.4) is 0 Å². The maximum atomic E-state index is 15.2. The van der Waals surface area contributed by atoms with Gasteiger partial charge in [-0.3, -0.25) is 19.7 Å². The van der Waals surface area contributed by atoms with Gasteiger partial charge in [0.2, 0.25) is 11.8 Å². The molecule has 5 rings (SSSR count). The Morgan fingerprint density at radius 2 is 1.31 bits per heavy atom. The number of alkyl carbamates (subject to hydrolysis) is 1. The van der Waals surface area contributed by atoms with Crippen molar-refractivity contribution in [2.24, 2.45) is 17.8 Å². The standard InChI is InChI=1S/C56H83N5O9Si/c1-39(2)49(52(64)57-47(36-41-22-16-12-17-23-41)51(63)60-53(65)61-30-32-67-33-31-61)59-50(62)44(34-42-26-28-45(29-27-42)68-38-43-24-18-13-19-25-43)37-48(70-71(9,10)56(6,7)8)46(35-40-20-14-11-15-21-40)58-54(66)69-55(3,4)5/h12-13,16-19,22-29,39-40,44,46-49H,11,14-15,20-21,30-38H2,1-10H3,(H,57,64)(H,58,66)(H,59,62)(H,60,63,65). The molecular formula is C56H83N5O9Si. The maximum Gasteiger partial charge on any atom is 0.407 e. The summed E-state index contributed by atoms with van der Waals surface area (Å²) in [6.07, 6.45) is 5.65. The number of ether oxygens (including phenoxy) is 3. The number of amides is 6. The molecule has 0 bridgehead atoms. The van der Waals surface area contributed by atoms with Gasteiger partial charge >= 0.3 is 12.1 Å². The van der Waals surface area contributed by atoms with Gasteiger partial charge in [0.05, 0.1) is 25.4 Å². The Labute approximate surface area is 424 Å². The fourth-order valence-electron chi connectivity index (χ4n) is 8.87. The highest BCUT2D eigenvalue weighted by Gasteiger charge is 2.43. The number of hydrogen-bond acceptors (Lipinski definition) is 9. The van der Waals surface area contributed by atoms with Crippen molar-refractivity contribution in [3.8, 4) is 5.75 Å². The fourth-order valence-corrected chi connectivity index (χ4v) is 10.2. The van der Waals surface area contributed by atoms with Gasteiger partial charge in [0.25, 0.3) is 5.91 Å². The molecule has 1 aliphatic carbocycles. The van der Waals surface area contributed by atoms with Crippen LogP contribution in [-0.4, -0.2) is 99.2 Å². The lowest BCUT2D eigenvalue weighted by Gasteiger charge is -2.43. The summed E-state index contributed by atoms with van der Waals surface area (Å²) in [5.41, 5.74) is 1.97. The largest absolute Gasteiger partial charge is 0.489 e. The van der Waals surface area contributed by atoms with Gasteiger partial charge in [0.1, 0.15) is 30.0 Å². The van der Waals surface area contributed by atoms with Crippen molar-refractivity contribution in [3.05, 3.63) is 102 Å². The van der Waals surface area contributed by atoms with Gasteiger partial charge in [0, 0.05) is 25.4 Å². The predicted octanol–water partition coefficient (Wildman–Crippen LogP) is 9.51. The second-order valence-corrected chi connectivity index (χ2v) is 27.1. The van der Waals surface area contributed by atoms with Crippen LogP contribution in [-0.2, 0) is 47.7 Å². The molecule has 14 nitrogen and oxygen atoms in total. The van der Waals surface area contributed by atoms with Gasteiger partial charge < -0.3 is 39.5 Å². The van der Waals surface area contributed by atoms with Crippen LogP contribution in [0.1, 0.15) is 117 Å². The van der Waals surface area contributed by atoms with Crippen molar-refractivity contribution in [2.75, 3.05) is 26.3 Å². The van der Waals surface area contributed by atoms with Crippen LogP contribution in [0.4, 0.5) is 9.59 Å². The van der Waals surface area contributed by atoms with E-state index in [0.29, 0.717) is 57.4 Å². The molecule has 4 N–H and O–H groups in total. The lowest BCUT2D eigenvalue weighted by atomic mass is 9.82. The van der Waals surface area contributed by atoms with E-state index in [4.69, 9.17) is 18.6 Å². The first-order chi connectivity index (χ1) is 33.6. The highest BCUT2D eigenvalue weighted by atomic mass is 28.4. The summed E-state index contributed by atoms with van der Waals surface area (Å²) in [7, 11) is -2.56. The zero-order valence-corrected chi connectivity index (χ0v) is 45.1. The third kappa shape index (κ3) is 18.7. The van der Waals surface area contributed by atoms with E-state index < -0.39 is 73.9 Å². The van der Waals surface area contributed by atoms with Crippen LogP contribution >= 0.6 is 0 Å². The summed E-state index contributed by atoms with van der Waals surface area (Å²) in [6.45, 7) is 21.9. The quantitative estimate of drug-likeness (QED) is 0.0759. The molecule has 3 aromatic rings. The van der Waals surface area contributed by atoms with E-state index in [2.05, 4.69) is 55.1 Å². The van der Waals surface area contributed by atoms with Gasteiger partial charge in [-0.05, 0) is 98.8 Å². The van der Waals surface area contributed by atoms with Crippen molar-refractivity contribution in [1.29, 1.82) is 0 Å². The molecule has 1 aliphatic heterocycles. The Hall–Kier alpha value is -5.25. The molecule has 0 radical (unpaired) electrons. The van der Waals surface area contributed by atoms with Crippen molar-refractivity contribution in [1.82, 2.24) is 26.2 Å². The number of rotatable bonds is 21. The lowest BCUT2D eigenvalue weighted by Crippen LogP contribution is -2.59. The molecule has 2 aliphatic rings. The van der Waals surface area contributed by atoms with Crippen molar-refractivity contribution in [2.45, 2.75) is 168 Å². The van der Waals surface area contributed by atoms with Gasteiger partial charge in [-0.1, -0.05) is 140 Å². The van der Waals surface area contributed by atoms with Gasteiger partial charge in [0.15, 0.2) is 8.32 Å². The van der Waals surface area contributed by atoms with E-state index in [-0.39, 0.29) is 23.8 Å². The predicted molar refractivity (Wildman–Crippen MR) is 280 cm³/mol. The van der Waals surface area contributed by atoms with E-state index >= 15 is 4.79 Å². The average Bonchev–Trinajstić information content (AvgIpc) is 3.32. The number of imide groups is 1. The molecule has 5 atom stereocenters. The van der Waals surface area contributed by atoms with Gasteiger partial charge in [-0.25, -0.2) is 9.59 Å². The van der Waals surface area contributed by atoms with Crippen LogP contribution < -0.4 is 26.0 Å². The second-order valence-electron chi connectivity index (χ2n) is 22.3. The molecule has 6 amide bonds. The number of morpholine rings is 1. The van der Waals surface area contributed by atoms with Crippen LogP contribution in [0, 0.1) is 17.8 Å². The molecule has 5 unspecified atom stereocenters. The van der Waals surface area contributed by atoms with Crippen molar-refractivity contribution in [3.63, 3.8) is 0 Å². The van der Waals surface area contributed by atoms with Crippen LogP contribution in [0.2, 0.25) is 18.1 Å². The van der Waals surface area contributed by atoms with Crippen molar-refractivity contribution < 1.29 is 42.6 Å². The first-order valence-electron chi connectivity index (χ1n) is 25.8. The molecule has 15 heteroatoms. The number of nitrogens with one attached hydrogen (secondary N) is 4. The van der Waals surface area contributed by atoms with E-state index in [1.54, 1.807) is 0 Å². The van der Waals surface area contributed by atoms with E-state index in [9.17, 15) is 19.2 Å². The molecule has 71 heavy (non-hydrogen) atoms. The Kier molecular flexibility index (Phi) is 21.1. The average molecular weight is 998 g/mol. The van der Waals surface area contributed by atoms with Crippen LogP contribution in [0.25, 0.3) is 0 Å². The number of carbonyl (C=O) groups is 5. The number of nitrogens with zero attached hydrogens (tertiary/aromatic N) is 1. The Balaban J connectivity index is 1.48. The van der Waals surface area contributed by atoms with Gasteiger partial charge in [-0.15, -0.1) is 0 Å². The number of benzene rings is 3. The van der Waals surface area contributed by atoms with Gasteiger partial charge in [-0.2, -0.15) is 0 Å². The second kappa shape index (κ2) is 26.4. The monoisotopic (exact) mass is 998 g/mol. The van der Waals surface area contributed by atoms with E-state index in [1.165, 1.54) is 11.3 Å². The molecule has 1 saturated heterocycles. The summed E-state index contributed by atoms with van der Waals surface area (Å²) >= 11 is 0. The minimum Gasteiger partial charge on any atom is -0.489 e. The fraction of sp³-hybridized carbons (Fsp3) is 0.589. The van der Waals surface area contributed by atoms with Crippen molar-refractivity contribution >= 4 is 38.2 Å². The maximum absolute atomic E-state index is 15.2. The summed E-state index contributed by atoms with van der Waals surface area (Å²) in [4.78, 5) is 72.2. The third-order valence-corrected chi connectivity index (χ3v) is 18.5. The smallest absolute Gasteiger partial charge is 0.407 e. The van der Waals surface area contributed by atoms with E-state index in [1.807, 2.05) is 120 Å². The third-order valence-electron chi connectivity index (χ3n) is 13.9. The minimum atomic E-state index is -2.56. The zero-order chi connectivity index (χ0) is 51.8. The zero-order valence-electron chi connectivity index (χ0n) is 44.1. The molecule has 3 aromatic carbocycles. The number of carbonyl (C=O) groups excluding carboxylic acids is 5. The molecule has 0 aromatic heterocycles. The van der Waals surface area contributed by atoms with E-state index in [0.717, 1.165) is 42.4 Å². The SMILES string of the molecule is CC(C)C(NC(=O)C(Cc1ccc(OCc2ccccc2)cc1)CC(O[Si](C)(C)C(C)(C)C)C(CC1CCCCC1)NC(=O)OC(C)(C)C)C(=O)NC(Cc1ccccc1)C(=O)NC(=O)N1CCOCC1. The van der Waals surface area contributed by atoms with Crippen LogP contribution in [0.5, 0.6) is 5.75 Å². The molecule has 1 saturated carbocycles. The first kappa shape index (κ1) is 56.7. The highest BCUT2D eigenvalue weighted by molar-refractivity contribution is 6.74. The molecule has 1 heterocycles. The first-order valence-corrected chi connectivity index (χ1v) is 28.7. The Morgan fingerprint density at radius 3 is 1.89 bits per heavy atom. The summed E-state index contributed by atoms with van der Waals surface area (Å²) < 4.78 is 24.8. The Morgan fingerprint density at radius 1 is 0.718 bits per heavy atom. The summed E-state index contributed by atoms with van der Waals surface area (Å²) in [5, 5.41) is 11.6. The number of urea groups is 1. The number of hydrogen-bond donors (Lipinski definition) is 4.